The van der Waals surface area contributed by atoms with Crippen molar-refractivity contribution in [2.45, 2.75) is 56.3 Å². The first-order chi connectivity index (χ1) is 12.8. The van der Waals surface area contributed by atoms with Crippen LogP contribution in [0.1, 0.15) is 37.7 Å². The molecule has 3 aliphatic rings. The van der Waals surface area contributed by atoms with Crippen LogP contribution in [0.2, 0.25) is 0 Å². The maximum atomic E-state index is 9.16. The van der Waals surface area contributed by atoms with Gasteiger partial charge in [-0.3, -0.25) is 4.90 Å². The van der Waals surface area contributed by atoms with E-state index in [1.54, 1.807) is 12.4 Å². The Morgan fingerprint density at radius 2 is 2.04 bits per heavy atom. The van der Waals surface area contributed by atoms with E-state index in [4.69, 9.17) is 10.00 Å². The van der Waals surface area contributed by atoms with Gasteiger partial charge in [-0.2, -0.15) is 5.26 Å². The topological polar surface area (TPSA) is 74.1 Å². The standard InChI is InChI=1S/C20H23N5O/c21-9-13-1-6-19-18(7-13)20(23-12-22-19)24-14-2-4-15(5-3-14)25-10-17-8-16(25)11-26-17/h1,6-7,12,14-17H,2-5,8,10-11H2,(H,22,23,24)/t14-,15-,16-,17-/m0/s1. The van der Waals surface area contributed by atoms with Crippen molar-refractivity contribution in [2.24, 2.45) is 0 Å². The van der Waals surface area contributed by atoms with Crippen LogP contribution in [-0.2, 0) is 4.74 Å². The number of anilines is 1. The van der Waals surface area contributed by atoms with Crippen LogP contribution in [0.3, 0.4) is 0 Å². The van der Waals surface area contributed by atoms with E-state index >= 15 is 0 Å². The summed E-state index contributed by atoms with van der Waals surface area (Å²) in [6.45, 7) is 2.05. The second kappa shape index (κ2) is 6.49. The molecule has 0 amide bonds. The van der Waals surface area contributed by atoms with Crippen LogP contribution in [0.5, 0.6) is 0 Å². The second-order valence-corrected chi connectivity index (χ2v) is 7.76. The Bertz CT molecular complexity index is 855. The summed E-state index contributed by atoms with van der Waals surface area (Å²) < 4.78 is 5.74. The molecule has 2 aromatic rings. The SMILES string of the molecule is N#Cc1ccc2ncnc(N[C@H]3CC[C@H](N4C[C@@H]5C[C@H]4CO5)CC3)c2c1. The smallest absolute Gasteiger partial charge is 0.137 e. The molecule has 2 bridgehead atoms. The van der Waals surface area contributed by atoms with Crippen LogP contribution in [0, 0.1) is 11.3 Å². The van der Waals surface area contributed by atoms with Crippen LogP contribution in [0.25, 0.3) is 10.9 Å². The zero-order valence-electron chi connectivity index (χ0n) is 14.8. The molecule has 1 aromatic carbocycles. The Morgan fingerprint density at radius 1 is 1.15 bits per heavy atom. The van der Waals surface area contributed by atoms with Gasteiger partial charge in [-0.25, -0.2) is 9.97 Å². The number of benzene rings is 1. The summed E-state index contributed by atoms with van der Waals surface area (Å²) in [5.41, 5.74) is 1.52. The lowest BCUT2D eigenvalue weighted by Crippen LogP contribution is -2.46. The summed E-state index contributed by atoms with van der Waals surface area (Å²) in [5.74, 6) is 0.851. The number of fused-ring (bicyclic) bond motifs is 3. The van der Waals surface area contributed by atoms with Gasteiger partial charge in [0.15, 0.2) is 0 Å². The summed E-state index contributed by atoms with van der Waals surface area (Å²) in [4.78, 5) is 11.5. The van der Waals surface area contributed by atoms with Gasteiger partial charge in [0.1, 0.15) is 12.1 Å². The number of rotatable bonds is 3. The molecular weight excluding hydrogens is 326 g/mol. The van der Waals surface area contributed by atoms with E-state index in [0.29, 0.717) is 29.8 Å². The van der Waals surface area contributed by atoms with E-state index in [1.165, 1.54) is 19.3 Å². The quantitative estimate of drug-likeness (QED) is 0.918. The largest absolute Gasteiger partial charge is 0.375 e. The molecule has 5 rings (SSSR count). The average molecular weight is 349 g/mol. The lowest BCUT2D eigenvalue weighted by Gasteiger charge is -2.39. The molecule has 0 spiro atoms. The van der Waals surface area contributed by atoms with Crippen molar-refractivity contribution in [3.8, 4) is 6.07 Å². The van der Waals surface area contributed by atoms with Crippen molar-refractivity contribution in [3.05, 3.63) is 30.1 Å². The normalized spacial score (nSPS) is 31.2. The zero-order chi connectivity index (χ0) is 17.5. The van der Waals surface area contributed by atoms with Gasteiger partial charge in [0.2, 0.25) is 0 Å². The Balaban J connectivity index is 1.27. The van der Waals surface area contributed by atoms with Gasteiger partial charge in [0.05, 0.1) is 29.9 Å². The molecule has 6 nitrogen and oxygen atoms in total. The molecule has 1 N–H and O–H groups in total. The predicted molar refractivity (Wildman–Crippen MR) is 98.8 cm³/mol. The highest BCUT2D eigenvalue weighted by molar-refractivity contribution is 5.89. The summed E-state index contributed by atoms with van der Waals surface area (Å²) >= 11 is 0. The Kier molecular flexibility index (Phi) is 3.99. The maximum Gasteiger partial charge on any atom is 0.137 e. The number of nitrogens with one attached hydrogen (secondary N) is 1. The third-order valence-corrected chi connectivity index (χ3v) is 6.21. The van der Waals surface area contributed by atoms with E-state index in [-0.39, 0.29) is 0 Å². The van der Waals surface area contributed by atoms with E-state index in [9.17, 15) is 0 Å². The monoisotopic (exact) mass is 349 g/mol. The van der Waals surface area contributed by atoms with Crippen molar-refractivity contribution in [1.29, 1.82) is 5.26 Å². The number of morpholine rings is 1. The minimum atomic E-state index is 0.436. The number of hydrogen-bond acceptors (Lipinski definition) is 6. The molecule has 3 fully saturated rings. The van der Waals surface area contributed by atoms with Crippen LogP contribution in [-0.4, -0.2) is 52.2 Å². The Morgan fingerprint density at radius 3 is 2.77 bits per heavy atom. The lowest BCUT2D eigenvalue weighted by molar-refractivity contribution is 0.00330. The summed E-state index contributed by atoms with van der Waals surface area (Å²) in [6.07, 6.45) is 8.08. The molecule has 26 heavy (non-hydrogen) atoms. The number of likely N-dealkylation sites (tertiary alicyclic amines) is 1. The van der Waals surface area contributed by atoms with Gasteiger partial charge in [-0.15, -0.1) is 0 Å². The number of hydrogen-bond donors (Lipinski definition) is 1. The fourth-order valence-electron chi connectivity index (χ4n) is 4.86. The lowest BCUT2D eigenvalue weighted by atomic mass is 9.89. The summed E-state index contributed by atoms with van der Waals surface area (Å²) in [6, 6.07) is 9.58. The molecule has 0 radical (unpaired) electrons. The highest BCUT2D eigenvalue weighted by atomic mass is 16.5. The molecule has 134 valence electrons. The van der Waals surface area contributed by atoms with Crippen LogP contribution in [0.4, 0.5) is 5.82 Å². The maximum absolute atomic E-state index is 9.16. The molecule has 6 heteroatoms. The van der Waals surface area contributed by atoms with Gasteiger partial charge in [-0.05, 0) is 50.3 Å². The molecule has 3 heterocycles. The molecule has 1 saturated carbocycles. The summed E-state index contributed by atoms with van der Waals surface area (Å²) in [7, 11) is 0. The van der Waals surface area contributed by atoms with Gasteiger partial charge in [0, 0.05) is 30.1 Å². The highest BCUT2D eigenvalue weighted by Crippen LogP contribution is 2.35. The first-order valence-electron chi connectivity index (χ1n) is 9.59. The van der Waals surface area contributed by atoms with Gasteiger partial charge in [-0.1, -0.05) is 0 Å². The van der Waals surface area contributed by atoms with Gasteiger partial charge in [0.25, 0.3) is 0 Å². The Hall–Kier alpha value is -2.23. The molecular formula is C20H23N5O. The predicted octanol–water partition coefficient (Wildman–Crippen LogP) is 2.70. The summed E-state index contributed by atoms with van der Waals surface area (Å²) in [5, 5.41) is 13.7. The number of nitrogens with zero attached hydrogens (tertiary/aromatic N) is 4. The number of aromatic nitrogens is 2. The van der Waals surface area contributed by atoms with Crippen molar-refractivity contribution in [1.82, 2.24) is 14.9 Å². The minimum Gasteiger partial charge on any atom is -0.375 e. The van der Waals surface area contributed by atoms with E-state index < -0.39 is 0 Å². The fourth-order valence-corrected chi connectivity index (χ4v) is 4.86. The second-order valence-electron chi connectivity index (χ2n) is 7.76. The van der Waals surface area contributed by atoms with Crippen LogP contribution >= 0.6 is 0 Å². The van der Waals surface area contributed by atoms with Gasteiger partial charge >= 0.3 is 0 Å². The fraction of sp³-hybridized carbons (Fsp3) is 0.550. The minimum absolute atomic E-state index is 0.436. The van der Waals surface area contributed by atoms with Crippen molar-refractivity contribution >= 4 is 16.7 Å². The number of ether oxygens (including phenoxy) is 1. The van der Waals surface area contributed by atoms with Crippen molar-refractivity contribution in [3.63, 3.8) is 0 Å². The van der Waals surface area contributed by atoms with Crippen LogP contribution in [0.15, 0.2) is 24.5 Å². The average Bonchev–Trinajstić information content (AvgIpc) is 3.32. The molecule has 2 aliphatic heterocycles. The third-order valence-electron chi connectivity index (χ3n) is 6.21. The molecule has 2 atom stereocenters. The van der Waals surface area contributed by atoms with E-state index in [2.05, 4.69) is 26.3 Å². The molecule has 1 aliphatic carbocycles. The number of nitriles is 1. The van der Waals surface area contributed by atoms with Crippen LogP contribution < -0.4 is 5.32 Å². The first-order valence-corrected chi connectivity index (χ1v) is 9.59. The highest BCUT2D eigenvalue weighted by Gasteiger charge is 2.42. The van der Waals surface area contributed by atoms with Gasteiger partial charge < -0.3 is 10.1 Å². The van der Waals surface area contributed by atoms with Crippen molar-refractivity contribution < 1.29 is 4.74 Å². The molecule has 1 aromatic heterocycles. The zero-order valence-corrected chi connectivity index (χ0v) is 14.8. The third kappa shape index (κ3) is 2.81. The molecule has 2 saturated heterocycles. The van der Waals surface area contributed by atoms with Crippen molar-refractivity contribution in [2.75, 3.05) is 18.5 Å². The van der Waals surface area contributed by atoms with E-state index in [0.717, 1.165) is 42.7 Å². The first kappa shape index (κ1) is 16.0. The van der Waals surface area contributed by atoms with E-state index in [1.807, 2.05) is 12.1 Å². The Labute approximate surface area is 153 Å². The molecule has 0 unspecified atom stereocenters.